The second-order valence-electron chi connectivity index (χ2n) is 8.34. The lowest BCUT2D eigenvalue weighted by Gasteiger charge is -2.37. The Kier molecular flexibility index (Phi) is 7.27. The highest BCUT2D eigenvalue weighted by molar-refractivity contribution is 5.88. The van der Waals surface area contributed by atoms with Crippen LogP contribution in [0.2, 0.25) is 0 Å². The zero-order valence-electron chi connectivity index (χ0n) is 18.5. The fourth-order valence-corrected chi connectivity index (χ4v) is 3.93. The van der Waals surface area contributed by atoms with Crippen LogP contribution in [0, 0.1) is 5.92 Å². The standard InChI is InChI=1S/C25H30N4O3/c1-2-32-24(31)21-17-26-25(27-18-21)29-14-12-28(13-15-29)22(23(30)16-20-8-9-20)11-10-19-6-4-3-5-7-19/h3-7,10-11,17-18,20,22H,2,8-9,12-16H2,1H3/b11-10+. The highest BCUT2D eigenvalue weighted by atomic mass is 16.5. The summed E-state index contributed by atoms with van der Waals surface area (Å²) < 4.78 is 4.99. The minimum absolute atomic E-state index is 0.204. The number of ketones is 1. The molecule has 2 aliphatic rings. The Hall–Kier alpha value is -3.06. The largest absolute Gasteiger partial charge is 0.462 e. The van der Waals surface area contributed by atoms with E-state index >= 15 is 0 Å². The van der Waals surface area contributed by atoms with Crippen molar-refractivity contribution in [2.24, 2.45) is 5.92 Å². The second-order valence-corrected chi connectivity index (χ2v) is 8.34. The van der Waals surface area contributed by atoms with Crippen LogP contribution in [0.3, 0.4) is 0 Å². The zero-order chi connectivity index (χ0) is 22.3. The molecule has 2 heterocycles. The van der Waals surface area contributed by atoms with E-state index in [1.165, 1.54) is 25.2 Å². The molecule has 1 saturated heterocycles. The van der Waals surface area contributed by atoms with Gasteiger partial charge in [-0.1, -0.05) is 42.5 Å². The van der Waals surface area contributed by atoms with Gasteiger partial charge >= 0.3 is 5.97 Å². The second kappa shape index (κ2) is 10.5. The number of carbonyl (C=O) groups excluding carboxylic acids is 2. The first-order chi connectivity index (χ1) is 15.6. The topological polar surface area (TPSA) is 75.6 Å². The van der Waals surface area contributed by atoms with Gasteiger partial charge in [-0.15, -0.1) is 0 Å². The maximum Gasteiger partial charge on any atom is 0.341 e. The van der Waals surface area contributed by atoms with Crippen molar-refractivity contribution in [3.8, 4) is 0 Å². The maximum atomic E-state index is 13.0. The zero-order valence-corrected chi connectivity index (χ0v) is 18.5. The number of rotatable bonds is 9. The lowest BCUT2D eigenvalue weighted by molar-refractivity contribution is -0.123. The van der Waals surface area contributed by atoms with Gasteiger partial charge in [0, 0.05) is 45.0 Å². The summed E-state index contributed by atoms with van der Waals surface area (Å²) in [7, 11) is 0. The molecule has 1 aromatic heterocycles. The van der Waals surface area contributed by atoms with Crippen LogP contribution in [0.1, 0.15) is 42.1 Å². The number of esters is 1. The molecule has 0 amide bonds. The van der Waals surface area contributed by atoms with Crippen molar-refractivity contribution in [3.05, 3.63) is 59.9 Å². The lowest BCUT2D eigenvalue weighted by atomic mass is 10.0. The maximum absolute atomic E-state index is 13.0. The van der Waals surface area contributed by atoms with Gasteiger partial charge < -0.3 is 9.64 Å². The molecule has 1 atom stereocenters. The lowest BCUT2D eigenvalue weighted by Crippen LogP contribution is -2.52. The Balaban J connectivity index is 1.39. The number of benzene rings is 1. The summed E-state index contributed by atoms with van der Waals surface area (Å²) in [6.45, 7) is 5.05. The number of aromatic nitrogens is 2. The quantitative estimate of drug-likeness (QED) is 0.561. The van der Waals surface area contributed by atoms with Gasteiger partial charge in [-0.25, -0.2) is 14.8 Å². The first kappa shape index (κ1) is 22.1. The molecule has 7 heteroatoms. The van der Waals surface area contributed by atoms with Crippen molar-refractivity contribution in [2.75, 3.05) is 37.7 Å². The molecule has 1 aromatic carbocycles. The summed E-state index contributed by atoms with van der Waals surface area (Å²) in [5.41, 5.74) is 1.46. The van der Waals surface area contributed by atoms with Gasteiger partial charge in [-0.3, -0.25) is 9.69 Å². The number of ether oxygens (including phenoxy) is 1. The monoisotopic (exact) mass is 434 g/mol. The summed E-state index contributed by atoms with van der Waals surface area (Å²) in [6.07, 6.45) is 10.2. The van der Waals surface area contributed by atoms with E-state index in [2.05, 4.69) is 31.9 Å². The molecular formula is C25H30N4O3. The minimum atomic E-state index is -0.411. The molecular weight excluding hydrogens is 404 g/mol. The molecule has 1 aliphatic carbocycles. The molecule has 0 spiro atoms. The van der Waals surface area contributed by atoms with E-state index in [1.54, 1.807) is 6.92 Å². The summed E-state index contributed by atoms with van der Waals surface area (Å²) in [5.74, 6) is 1.07. The molecule has 4 rings (SSSR count). The van der Waals surface area contributed by atoms with E-state index in [4.69, 9.17) is 4.74 Å². The number of hydrogen-bond acceptors (Lipinski definition) is 7. The SMILES string of the molecule is CCOC(=O)c1cnc(N2CCN(C(/C=C/c3ccccc3)C(=O)CC3CC3)CC2)nc1. The Morgan fingerprint density at radius 3 is 2.41 bits per heavy atom. The molecule has 2 aromatic rings. The van der Waals surface area contributed by atoms with E-state index in [1.807, 2.05) is 30.3 Å². The smallest absolute Gasteiger partial charge is 0.341 e. The first-order valence-corrected chi connectivity index (χ1v) is 11.4. The third-order valence-electron chi connectivity index (χ3n) is 5.93. The van der Waals surface area contributed by atoms with Crippen LogP contribution in [0.15, 0.2) is 48.8 Å². The predicted molar refractivity (Wildman–Crippen MR) is 123 cm³/mol. The molecule has 0 N–H and O–H groups in total. The Bertz CT molecular complexity index is 933. The Labute approximate surface area is 189 Å². The number of nitrogens with zero attached hydrogens (tertiary/aromatic N) is 4. The highest BCUT2D eigenvalue weighted by Crippen LogP contribution is 2.33. The van der Waals surface area contributed by atoms with Gasteiger partial charge in [0.2, 0.25) is 5.95 Å². The Morgan fingerprint density at radius 1 is 1.09 bits per heavy atom. The van der Waals surface area contributed by atoms with Gasteiger partial charge in [-0.05, 0) is 31.2 Å². The summed E-state index contributed by atoms with van der Waals surface area (Å²) in [6, 6.07) is 9.90. The van der Waals surface area contributed by atoms with E-state index < -0.39 is 5.97 Å². The fraction of sp³-hybridized carbons (Fsp3) is 0.440. The number of piperazine rings is 1. The summed E-state index contributed by atoms with van der Waals surface area (Å²) >= 11 is 0. The normalized spacial score (nSPS) is 18.0. The molecule has 0 bridgehead atoms. The minimum Gasteiger partial charge on any atom is -0.462 e. The highest BCUT2D eigenvalue weighted by Gasteiger charge is 2.32. The fourth-order valence-electron chi connectivity index (χ4n) is 3.93. The van der Waals surface area contributed by atoms with Crippen molar-refractivity contribution in [2.45, 2.75) is 32.2 Å². The molecule has 0 radical (unpaired) electrons. The van der Waals surface area contributed by atoms with Gasteiger partial charge in [0.1, 0.15) is 0 Å². The van der Waals surface area contributed by atoms with Gasteiger partial charge in [0.05, 0.1) is 18.2 Å². The number of Topliss-reactive ketones (excluding diaryl/α,β-unsaturated/α-hetero) is 1. The number of carbonyl (C=O) groups is 2. The third-order valence-corrected chi connectivity index (χ3v) is 5.93. The number of anilines is 1. The summed E-state index contributed by atoms with van der Waals surface area (Å²) in [5, 5.41) is 0. The van der Waals surface area contributed by atoms with E-state index in [9.17, 15) is 9.59 Å². The van der Waals surface area contributed by atoms with Crippen LogP contribution >= 0.6 is 0 Å². The van der Waals surface area contributed by atoms with Crippen molar-refractivity contribution in [3.63, 3.8) is 0 Å². The van der Waals surface area contributed by atoms with Crippen molar-refractivity contribution < 1.29 is 14.3 Å². The van der Waals surface area contributed by atoms with Crippen LogP contribution in [0.25, 0.3) is 6.08 Å². The predicted octanol–water partition coefficient (Wildman–Crippen LogP) is 3.23. The average Bonchev–Trinajstić information content (AvgIpc) is 3.64. The van der Waals surface area contributed by atoms with Crippen molar-refractivity contribution >= 4 is 23.8 Å². The van der Waals surface area contributed by atoms with E-state index in [-0.39, 0.29) is 6.04 Å². The average molecular weight is 435 g/mol. The van der Waals surface area contributed by atoms with Crippen molar-refractivity contribution in [1.29, 1.82) is 0 Å². The van der Waals surface area contributed by atoms with Crippen LogP contribution < -0.4 is 4.90 Å². The van der Waals surface area contributed by atoms with Gasteiger partial charge in [0.15, 0.2) is 5.78 Å². The van der Waals surface area contributed by atoms with Crippen LogP contribution in [0.5, 0.6) is 0 Å². The van der Waals surface area contributed by atoms with Gasteiger partial charge in [-0.2, -0.15) is 0 Å². The Morgan fingerprint density at radius 2 is 1.78 bits per heavy atom. The molecule has 1 unspecified atom stereocenters. The van der Waals surface area contributed by atoms with Crippen LogP contribution in [0.4, 0.5) is 5.95 Å². The van der Waals surface area contributed by atoms with Crippen LogP contribution in [-0.4, -0.2) is 65.4 Å². The molecule has 2 fully saturated rings. The van der Waals surface area contributed by atoms with Crippen LogP contribution in [-0.2, 0) is 9.53 Å². The molecule has 7 nitrogen and oxygen atoms in total. The van der Waals surface area contributed by atoms with Gasteiger partial charge in [0.25, 0.3) is 0 Å². The number of hydrogen-bond donors (Lipinski definition) is 0. The third kappa shape index (κ3) is 5.79. The molecule has 168 valence electrons. The van der Waals surface area contributed by atoms with E-state index in [0.717, 1.165) is 31.7 Å². The summed E-state index contributed by atoms with van der Waals surface area (Å²) in [4.78, 5) is 37.9. The molecule has 32 heavy (non-hydrogen) atoms. The molecule has 1 aliphatic heterocycles. The van der Waals surface area contributed by atoms with E-state index in [0.29, 0.717) is 36.2 Å². The first-order valence-electron chi connectivity index (χ1n) is 11.4. The molecule has 1 saturated carbocycles. The van der Waals surface area contributed by atoms with Crippen molar-refractivity contribution in [1.82, 2.24) is 14.9 Å².